The number of nitrogens with one attached hydrogen (secondary N) is 1. The number of fused-ring (bicyclic) bond motifs is 1. The summed E-state index contributed by atoms with van der Waals surface area (Å²) >= 11 is 0. The molecule has 0 spiro atoms. The maximum absolute atomic E-state index is 12.1. The maximum Gasteiger partial charge on any atom is 0.275 e. The minimum absolute atomic E-state index is 0.188. The quantitative estimate of drug-likeness (QED) is 0.721. The van der Waals surface area contributed by atoms with Crippen molar-refractivity contribution in [3.63, 3.8) is 0 Å². The highest BCUT2D eigenvalue weighted by Gasteiger charge is 2.12. The van der Waals surface area contributed by atoms with Crippen molar-refractivity contribution in [3.8, 4) is 11.3 Å². The number of hydrogen-bond acceptors (Lipinski definition) is 3. The van der Waals surface area contributed by atoms with Crippen molar-refractivity contribution in [2.75, 3.05) is 0 Å². The van der Waals surface area contributed by atoms with Crippen molar-refractivity contribution < 1.29 is 0 Å². The molecule has 0 aliphatic rings. The predicted molar refractivity (Wildman–Crippen MR) is 74.0 cm³/mol. The molecule has 96 valence electrons. The molecule has 0 aliphatic carbocycles. The molecule has 3 rings (SSSR count). The monoisotopic (exact) mass is 254 g/mol. The normalized spacial score (nSPS) is 11.1. The summed E-state index contributed by atoms with van der Waals surface area (Å²) in [7, 11) is 1.82. The molecule has 1 aromatic carbocycles. The zero-order chi connectivity index (χ0) is 13.6. The Kier molecular flexibility index (Phi) is 2.48. The van der Waals surface area contributed by atoms with E-state index in [9.17, 15) is 4.79 Å². The third-order valence-electron chi connectivity index (χ3n) is 3.19. The van der Waals surface area contributed by atoms with Gasteiger partial charge in [-0.1, -0.05) is 29.8 Å². The molecule has 3 aromatic rings. The van der Waals surface area contributed by atoms with Crippen LogP contribution in [0.15, 0.2) is 29.1 Å². The Morgan fingerprint density at radius 2 is 1.84 bits per heavy atom. The Labute approximate surface area is 109 Å². The molecule has 0 amide bonds. The van der Waals surface area contributed by atoms with Crippen molar-refractivity contribution >= 4 is 11.2 Å². The average molecular weight is 254 g/mol. The molecular formula is C14H14N4O. The topological polar surface area (TPSA) is 63.6 Å². The Balaban J connectivity index is 2.30. The van der Waals surface area contributed by atoms with Crippen LogP contribution >= 0.6 is 0 Å². The smallest absolute Gasteiger partial charge is 0.275 e. The summed E-state index contributed by atoms with van der Waals surface area (Å²) in [4.78, 5) is 19.4. The van der Waals surface area contributed by atoms with E-state index in [0.29, 0.717) is 16.9 Å². The first kappa shape index (κ1) is 11.6. The van der Waals surface area contributed by atoms with E-state index in [1.807, 2.05) is 45.2 Å². The second-order valence-electron chi connectivity index (χ2n) is 4.69. The zero-order valence-corrected chi connectivity index (χ0v) is 11.1. The van der Waals surface area contributed by atoms with Crippen LogP contribution in [0, 0.1) is 13.8 Å². The maximum atomic E-state index is 12.1. The lowest BCUT2D eigenvalue weighted by Crippen LogP contribution is -2.12. The van der Waals surface area contributed by atoms with E-state index < -0.39 is 0 Å². The fourth-order valence-electron chi connectivity index (χ4n) is 2.16. The van der Waals surface area contributed by atoms with Crippen LogP contribution in [0.1, 0.15) is 11.3 Å². The van der Waals surface area contributed by atoms with Crippen LogP contribution in [-0.2, 0) is 7.05 Å². The second-order valence-corrected chi connectivity index (χ2v) is 4.69. The molecule has 19 heavy (non-hydrogen) atoms. The molecule has 0 radical (unpaired) electrons. The Morgan fingerprint density at radius 1 is 1.16 bits per heavy atom. The number of rotatable bonds is 1. The summed E-state index contributed by atoms with van der Waals surface area (Å²) in [5.74, 6) is 0. The molecule has 0 unspecified atom stereocenters. The van der Waals surface area contributed by atoms with Gasteiger partial charge in [-0.25, -0.2) is 9.67 Å². The van der Waals surface area contributed by atoms with Gasteiger partial charge >= 0.3 is 0 Å². The van der Waals surface area contributed by atoms with Gasteiger partial charge in [-0.2, -0.15) is 5.10 Å². The summed E-state index contributed by atoms with van der Waals surface area (Å²) in [5.41, 5.74) is 4.36. The SMILES string of the molecule is Cc1ccc(-c2nc3c([nH]c2=O)c(C)nn3C)cc1. The average Bonchev–Trinajstić information content (AvgIpc) is 2.65. The minimum Gasteiger partial charge on any atom is -0.316 e. The van der Waals surface area contributed by atoms with Gasteiger partial charge in [0.2, 0.25) is 0 Å². The van der Waals surface area contributed by atoms with Crippen molar-refractivity contribution in [2.45, 2.75) is 13.8 Å². The molecule has 0 atom stereocenters. The first-order valence-corrected chi connectivity index (χ1v) is 6.07. The fourth-order valence-corrected chi connectivity index (χ4v) is 2.16. The van der Waals surface area contributed by atoms with Gasteiger partial charge in [-0.05, 0) is 13.8 Å². The molecular weight excluding hydrogens is 240 g/mol. The molecule has 0 saturated heterocycles. The summed E-state index contributed by atoms with van der Waals surface area (Å²) in [6.07, 6.45) is 0. The van der Waals surface area contributed by atoms with Gasteiger partial charge in [-0.3, -0.25) is 4.79 Å². The Hall–Kier alpha value is -2.43. The summed E-state index contributed by atoms with van der Waals surface area (Å²) in [6.45, 7) is 3.86. The zero-order valence-electron chi connectivity index (χ0n) is 11.1. The van der Waals surface area contributed by atoms with E-state index in [-0.39, 0.29) is 5.56 Å². The highest BCUT2D eigenvalue weighted by Crippen LogP contribution is 2.17. The lowest BCUT2D eigenvalue weighted by molar-refractivity contribution is 0.774. The van der Waals surface area contributed by atoms with Crippen LogP contribution in [0.4, 0.5) is 0 Å². The van der Waals surface area contributed by atoms with Gasteiger partial charge in [0.15, 0.2) is 5.65 Å². The van der Waals surface area contributed by atoms with Crippen LogP contribution in [0.5, 0.6) is 0 Å². The van der Waals surface area contributed by atoms with Gasteiger partial charge in [0.1, 0.15) is 11.2 Å². The lowest BCUT2D eigenvalue weighted by Gasteiger charge is -2.01. The number of hydrogen-bond donors (Lipinski definition) is 1. The largest absolute Gasteiger partial charge is 0.316 e. The van der Waals surface area contributed by atoms with Crippen LogP contribution in [0.25, 0.3) is 22.4 Å². The molecule has 1 N–H and O–H groups in total. The number of benzene rings is 1. The van der Waals surface area contributed by atoms with Crippen molar-refractivity contribution in [1.82, 2.24) is 19.7 Å². The lowest BCUT2D eigenvalue weighted by atomic mass is 10.1. The number of aryl methyl sites for hydroxylation is 3. The molecule has 0 fully saturated rings. The molecule has 2 aromatic heterocycles. The minimum atomic E-state index is -0.188. The fraction of sp³-hybridized carbons (Fsp3) is 0.214. The van der Waals surface area contributed by atoms with E-state index in [4.69, 9.17) is 0 Å². The van der Waals surface area contributed by atoms with Gasteiger partial charge in [-0.15, -0.1) is 0 Å². The van der Waals surface area contributed by atoms with Gasteiger partial charge in [0.05, 0.1) is 5.69 Å². The van der Waals surface area contributed by atoms with E-state index in [1.54, 1.807) is 4.68 Å². The summed E-state index contributed by atoms with van der Waals surface area (Å²) in [6, 6.07) is 7.74. The van der Waals surface area contributed by atoms with Crippen LogP contribution in [0.3, 0.4) is 0 Å². The van der Waals surface area contributed by atoms with Gasteiger partial charge in [0, 0.05) is 12.6 Å². The Bertz CT molecular complexity index is 812. The molecule has 5 nitrogen and oxygen atoms in total. The number of nitrogens with zero attached hydrogens (tertiary/aromatic N) is 3. The molecule has 2 heterocycles. The standard InChI is InChI=1S/C14H14N4O/c1-8-4-6-10(7-5-8)12-14(19)16-11-9(2)17-18(3)13(11)15-12/h4-7H,1-3H3,(H,16,19). The van der Waals surface area contributed by atoms with Crippen LogP contribution in [0.2, 0.25) is 0 Å². The van der Waals surface area contributed by atoms with E-state index in [0.717, 1.165) is 16.8 Å². The van der Waals surface area contributed by atoms with Crippen molar-refractivity contribution in [3.05, 3.63) is 45.9 Å². The second kappa shape index (κ2) is 4.05. The van der Waals surface area contributed by atoms with Gasteiger partial charge in [0.25, 0.3) is 5.56 Å². The van der Waals surface area contributed by atoms with Crippen molar-refractivity contribution in [1.29, 1.82) is 0 Å². The highest BCUT2D eigenvalue weighted by atomic mass is 16.1. The number of H-pyrrole nitrogens is 1. The van der Waals surface area contributed by atoms with E-state index in [1.165, 1.54) is 0 Å². The predicted octanol–water partition coefficient (Wildman–Crippen LogP) is 1.94. The number of aromatic nitrogens is 4. The van der Waals surface area contributed by atoms with E-state index >= 15 is 0 Å². The summed E-state index contributed by atoms with van der Waals surface area (Å²) in [5, 5.41) is 4.26. The molecule has 0 bridgehead atoms. The van der Waals surface area contributed by atoms with Gasteiger partial charge < -0.3 is 4.98 Å². The van der Waals surface area contributed by atoms with Crippen LogP contribution < -0.4 is 5.56 Å². The summed E-state index contributed by atoms with van der Waals surface area (Å²) < 4.78 is 1.68. The van der Waals surface area contributed by atoms with E-state index in [2.05, 4.69) is 15.1 Å². The third kappa shape index (κ3) is 1.83. The van der Waals surface area contributed by atoms with Crippen LogP contribution in [-0.4, -0.2) is 19.7 Å². The first-order valence-electron chi connectivity index (χ1n) is 6.07. The Morgan fingerprint density at radius 3 is 2.53 bits per heavy atom. The molecule has 0 aliphatic heterocycles. The first-order chi connectivity index (χ1) is 9.06. The molecule has 5 heteroatoms. The number of aromatic amines is 1. The highest BCUT2D eigenvalue weighted by molar-refractivity contribution is 5.76. The molecule has 0 saturated carbocycles. The third-order valence-corrected chi connectivity index (χ3v) is 3.19. The van der Waals surface area contributed by atoms with Crippen molar-refractivity contribution in [2.24, 2.45) is 7.05 Å².